The maximum Gasteiger partial charge on any atom is 0.410 e. The van der Waals surface area contributed by atoms with Crippen LogP contribution in [-0.2, 0) is 11.3 Å². The second-order valence-corrected chi connectivity index (χ2v) is 9.15. The van der Waals surface area contributed by atoms with Crippen molar-refractivity contribution in [2.24, 2.45) is 5.92 Å². The first kappa shape index (κ1) is 18.7. The zero-order chi connectivity index (χ0) is 17.0. The van der Waals surface area contributed by atoms with E-state index in [9.17, 15) is 4.79 Å². The summed E-state index contributed by atoms with van der Waals surface area (Å²) in [5, 5.41) is 2.12. The summed E-state index contributed by atoms with van der Waals surface area (Å²) in [5.41, 5.74) is -0.435. The third-order valence-corrected chi connectivity index (χ3v) is 5.81. The Morgan fingerprint density at radius 1 is 1.52 bits per heavy atom. The van der Waals surface area contributed by atoms with E-state index in [1.54, 1.807) is 16.2 Å². The molecule has 1 aliphatic heterocycles. The predicted molar refractivity (Wildman–Crippen MR) is 98.9 cm³/mol. The van der Waals surface area contributed by atoms with Crippen molar-refractivity contribution < 1.29 is 9.53 Å². The van der Waals surface area contributed by atoms with E-state index in [-0.39, 0.29) is 6.09 Å². The molecular weight excluding hydrogens is 376 g/mol. The molecule has 0 saturated carbocycles. The molecule has 1 atom stereocenters. The predicted octanol–water partition coefficient (Wildman–Crippen LogP) is 4.59. The molecule has 1 amide bonds. The SMILES string of the molecule is CN(CC1CCCN(Cc2sccc2Br)C1)C(=O)OC(C)(C)C. The van der Waals surface area contributed by atoms with Crippen LogP contribution in [0.2, 0.25) is 0 Å². The lowest BCUT2D eigenvalue weighted by atomic mass is 9.97. The van der Waals surface area contributed by atoms with E-state index < -0.39 is 5.60 Å². The standard InChI is InChI=1S/C17H27BrN2O2S/c1-17(2,3)22-16(21)19(4)10-13-6-5-8-20(11-13)12-15-14(18)7-9-23-15/h7,9,13H,5-6,8,10-12H2,1-4H3. The number of rotatable bonds is 4. The van der Waals surface area contributed by atoms with Crippen LogP contribution in [0, 0.1) is 5.92 Å². The van der Waals surface area contributed by atoms with Crippen LogP contribution in [0.5, 0.6) is 0 Å². The number of carbonyl (C=O) groups is 1. The summed E-state index contributed by atoms with van der Waals surface area (Å²) in [7, 11) is 1.84. The topological polar surface area (TPSA) is 32.8 Å². The number of hydrogen-bond acceptors (Lipinski definition) is 4. The quantitative estimate of drug-likeness (QED) is 0.737. The van der Waals surface area contributed by atoms with Crippen LogP contribution in [0.4, 0.5) is 4.79 Å². The van der Waals surface area contributed by atoms with Gasteiger partial charge in [0.25, 0.3) is 0 Å². The van der Waals surface area contributed by atoms with Gasteiger partial charge in [0.1, 0.15) is 5.60 Å². The Morgan fingerprint density at radius 2 is 2.26 bits per heavy atom. The van der Waals surface area contributed by atoms with Gasteiger partial charge in [-0.2, -0.15) is 0 Å². The second kappa shape index (κ2) is 7.99. The van der Waals surface area contributed by atoms with E-state index in [0.717, 1.165) is 26.2 Å². The van der Waals surface area contributed by atoms with Gasteiger partial charge in [-0.15, -0.1) is 11.3 Å². The average molecular weight is 403 g/mol. The summed E-state index contributed by atoms with van der Waals surface area (Å²) in [6.45, 7) is 9.64. The molecule has 2 rings (SSSR count). The van der Waals surface area contributed by atoms with Crippen LogP contribution in [0.3, 0.4) is 0 Å². The Hall–Kier alpha value is -0.590. The fourth-order valence-electron chi connectivity index (χ4n) is 2.89. The molecule has 1 aliphatic rings. The average Bonchev–Trinajstić information content (AvgIpc) is 2.83. The summed E-state index contributed by atoms with van der Waals surface area (Å²) in [5.74, 6) is 0.514. The molecule has 1 saturated heterocycles. The van der Waals surface area contributed by atoms with E-state index in [1.165, 1.54) is 22.2 Å². The van der Waals surface area contributed by atoms with Crippen molar-refractivity contribution in [3.05, 3.63) is 20.8 Å². The maximum absolute atomic E-state index is 12.1. The highest BCUT2D eigenvalue weighted by Crippen LogP contribution is 2.26. The van der Waals surface area contributed by atoms with Crippen LogP contribution in [0.15, 0.2) is 15.9 Å². The van der Waals surface area contributed by atoms with Crippen molar-refractivity contribution in [2.45, 2.75) is 45.8 Å². The number of nitrogens with zero attached hydrogens (tertiary/aromatic N) is 2. The summed E-state index contributed by atoms with van der Waals surface area (Å²) >= 11 is 5.41. The highest BCUT2D eigenvalue weighted by molar-refractivity contribution is 9.10. The molecule has 2 heterocycles. The normalized spacial score (nSPS) is 19.6. The molecule has 0 aromatic carbocycles. The Balaban J connectivity index is 1.84. The third-order valence-electron chi connectivity index (χ3n) is 3.90. The molecule has 130 valence electrons. The number of likely N-dealkylation sites (tertiary alicyclic amines) is 1. The van der Waals surface area contributed by atoms with Crippen LogP contribution in [0.25, 0.3) is 0 Å². The number of halogens is 1. The minimum absolute atomic E-state index is 0.226. The molecule has 0 aliphatic carbocycles. The van der Waals surface area contributed by atoms with Gasteiger partial charge in [-0.05, 0) is 73.5 Å². The van der Waals surface area contributed by atoms with Crippen molar-refractivity contribution in [2.75, 3.05) is 26.7 Å². The number of piperidine rings is 1. The molecule has 0 bridgehead atoms. The van der Waals surface area contributed by atoms with Gasteiger partial charge in [0.15, 0.2) is 0 Å². The third kappa shape index (κ3) is 6.08. The van der Waals surface area contributed by atoms with Gasteiger partial charge in [-0.1, -0.05) is 0 Å². The monoisotopic (exact) mass is 402 g/mol. The van der Waals surface area contributed by atoms with Crippen molar-refractivity contribution >= 4 is 33.4 Å². The first-order chi connectivity index (χ1) is 10.7. The van der Waals surface area contributed by atoms with Gasteiger partial charge in [0, 0.05) is 36.0 Å². The number of ether oxygens (including phenoxy) is 1. The van der Waals surface area contributed by atoms with Gasteiger partial charge in [-0.3, -0.25) is 4.90 Å². The molecule has 0 radical (unpaired) electrons. The smallest absolute Gasteiger partial charge is 0.410 e. The highest BCUT2D eigenvalue weighted by atomic mass is 79.9. The first-order valence-corrected chi connectivity index (χ1v) is 9.80. The fourth-order valence-corrected chi connectivity index (χ4v) is 4.41. The number of hydrogen-bond donors (Lipinski definition) is 0. The maximum atomic E-state index is 12.1. The van der Waals surface area contributed by atoms with Gasteiger partial charge in [-0.25, -0.2) is 4.79 Å². The minimum atomic E-state index is -0.435. The van der Waals surface area contributed by atoms with E-state index in [2.05, 4.69) is 32.3 Å². The summed E-state index contributed by atoms with van der Waals surface area (Å²) in [4.78, 5) is 17.7. The van der Waals surface area contributed by atoms with Crippen molar-refractivity contribution in [3.63, 3.8) is 0 Å². The lowest BCUT2D eigenvalue weighted by molar-refractivity contribution is 0.0242. The number of amides is 1. The van der Waals surface area contributed by atoms with Gasteiger partial charge in [0.05, 0.1) is 0 Å². The molecule has 23 heavy (non-hydrogen) atoms. The van der Waals surface area contributed by atoms with Crippen molar-refractivity contribution in [3.8, 4) is 0 Å². The zero-order valence-electron chi connectivity index (χ0n) is 14.5. The van der Waals surface area contributed by atoms with E-state index in [4.69, 9.17) is 4.74 Å². The fraction of sp³-hybridized carbons (Fsp3) is 0.706. The number of thiophene rings is 1. The Kier molecular flexibility index (Phi) is 6.51. The molecule has 0 N–H and O–H groups in total. The van der Waals surface area contributed by atoms with E-state index >= 15 is 0 Å². The zero-order valence-corrected chi connectivity index (χ0v) is 16.9. The van der Waals surface area contributed by atoms with Crippen LogP contribution < -0.4 is 0 Å². The molecule has 0 spiro atoms. The van der Waals surface area contributed by atoms with Crippen molar-refractivity contribution in [1.82, 2.24) is 9.80 Å². The molecule has 1 unspecified atom stereocenters. The Bertz CT molecular complexity index is 527. The molecule has 1 fully saturated rings. The molecular formula is C17H27BrN2O2S. The largest absolute Gasteiger partial charge is 0.444 e. The van der Waals surface area contributed by atoms with E-state index in [0.29, 0.717) is 5.92 Å². The van der Waals surface area contributed by atoms with Gasteiger partial charge in [0.2, 0.25) is 0 Å². The number of carbonyl (C=O) groups excluding carboxylic acids is 1. The minimum Gasteiger partial charge on any atom is -0.444 e. The molecule has 1 aromatic rings. The Morgan fingerprint density at radius 3 is 2.87 bits per heavy atom. The molecule has 6 heteroatoms. The summed E-state index contributed by atoms with van der Waals surface area (Å²) in [6, 6.07) is 2.11. The lowest BCUT2D eigenvalue weighted by Gasteiger charge is -2.35. The van der Waals surface area contributed by atoms with Gasteiger partial charge >= 0.3 is 6.09 Å². The van der Waals surface area contributed by atoms with Gasteiger partial charge < -0.3 is 9.64 Å². The highest BCUT2D eigenvalue weighted by Gasteiger charge is 2.25. The Labute approximate surface area is 151 Å². The lowest BCUT2D eigenvalue weighted by Crippen LogP contribution is -2.42. The van der Waals surface area contributed by atoms with E-state index in [1.807, 2.05) is 27.8 Å². The van der Waals surface area contributed by atoms with Crippen molar-refractivity contribution in [1.29, 1.82) is 0 Å². The summed E-state index contributed by atoms with van der Waals surface area (Å²) < 4.78 is 6.64. The second-order valence-electron chi connectivity index (χ2n) is 7.30. The summed E-state index contributed by atoms with van der Waals surface area (Å²) in [6.07, 6.45) is 2.14. The first-order valence-electron chi connectivity index (χ1n) is 8.13. The van der Waals surface area contributed by atoms with Crippen LogP contribution in [-0.4, -0.2) is 48.2 Å². The molecule has 1 aromatic heterocycles. The molecule has 4 nitrogen and oxygen atoms in total. The van der Waals surface area contributed by atoms with Crippen LogP contribution in [0.1, 0.15) is 38.5 Å². The van der Waals surface area contributed by atoms with Crippen LogP contribution >= 0.6 is 27.3 Å².